The van der Waals surface area contributed by atoms with Crippen molar-refractivity contribution < 1.29 is 73.6 Å². The van der Waals surface area contributed by atoms with Crippen LogP contribution in [0.1, 0.15) is 60.8 Å². The van der Waals surface area contributed by atoms with Crippen LogP contribution in [-0.2, 0) is 51.7 Å². The van der Waals surface area contributed by atoms with Gasteiger partial charge in [-0.1, -0.05) is 89.9 Å². The zero-order valence-corrected chi connectivity index (χ0v) is 50.5. The number of carbonyl (C=O) groups is 4. The Labute approximate surface area is 525 Å². The smallest absolute Gasteiger partial charge is 1.00 e. The fourth-order valence-corrected chi connectivity index (χ4v) is 9.69. The summed E-state index contributed by atoms with van der Waals surface area (Å²) in [5.41, 5.74) is 3.67. The van der Waals surface area contributed by atoms with Crippen LogP contribution in [-0.4, -0.2) is 132 Å². The average Bonchev–Trinajstić information content (AvgIpc) is 2.25. The number of carboxylic acids is 1. The molecule has 3 fully saturated rings. The number of nitrogens with one attached hydrogen (secondary N) is 1. The van der Waals surface area contributed by atoms with Crippen molar-refractivity contribution in [3.8, 4) is 0 Å². The summed E-state index contributed by atoms with van der Waals surface area (Å²) in [6.45, 7) is 6.76. The molecular weight excluding hydrogens is 1190 g/mol. The standard InChI is InChI=1S/C21H20ClFN2O4.C13H15NO3.C12H16FNO.C9H6ClNO4.C7H6F.ClH.Mg/c22-15-3-6-17-18(11-15)29-20(27)25(17)13-19(26)24-9-7-21(28,8-10-24)12-14-1-4-16(23)5-2-14;15-12-6-8-14(9-7-12)13(16)17-10-11-4-2-1-3-5-11;13-11-3-1-10(2-4-11)9-12(15)5-7-14-8-6-12;10-5-1-2-6-7(3-5)15-9(14)11(6)4-8(12)13;1-6-2-4-7(8)5-3-6;;/h1-6,11,28H,7-10,12-13H2;1-5H,6-10H2;1-4,14-15H,5-9H2;1-3H,4H2,(H,12,13);2-5H,1H2;1H;/q;;;;-1;;+2/p-1. The second-order valence-corrected chi connectivity index (χ2v) is 21.3. The molecule has 2 amide bonds. The third-order valence-corrected chi connectivity index (χ3v) is 14.5. The summed E-state index contributed by atoms with van der Waals surface area (Å²) in [5, 5.41) is 33.8. The first kappa shape index (κ1) is 69.7. The molecule has 17 nitrogen and oxygen atoms in total. The van der Waals surface area contributed by atoms with Crippen molar-refractivity contribution >= 4 is 92.2 Å². The third kappa shape index (κ3) is 21.4. The molecule has 0 bridgehead atoms. The summed E-state index contributed by atoms with van der Waals surface area (Å²) >= 11 is 11.6. The van der Waals surface area contributed by atoms with E-state index < -0.39 is 35.2 Å². The predicted molar refractivity (Wildman–Crippen MR) is 316 cm³/mol. The van der Waals surface area contributed by atoms with Gasteiger partial charge in [0.25, 0.3) is 0 Å². The predicted octanol–water partition coefficient (Wildman–Crippen LogP) is 6.42. The molecule has 24 heteroatoms. The zero-order valence-electron chi connectivity index (χ0n) is 46.8. The number of fused-ring (bicyclic) bond motifs is 2. The Bertz CT molecular complexity index is 3580. The van der Waals surface area contributed by atoms with Gasteiger partial charge in [-0.05, 0) is 104 Å². The van der Waals surface area contributed by atoms with Crippen LogP contribution in [0.4, 0.5) is 18.0 Å². The molecule has 452 valence electrons. The number of hydrogen-bond donors (Lipinski definition) is 4. The van der Waals surface area contributed by atoms with E-state index in [4.69, 9.17) is 41.9 Å². The Balaban J connectivity index is 0.000000206. The van der Waals surface area contributed by atoms with Crippen LogP contribution in [0.15, 0.2) is 158 Å². The fraction of sp³-hybridized carbons (Fsp3) is 0.306. The quantitative estimate of drug-likeness (QED) is 0.0858. The molecule has 0 radical (unpaired) electrons. The second kappa shape index (κ2) is 33.2. The van der Waals surface area contributed by atoms with Crippen LogP contribution >= 0.6 is 23.2 Å². The molecule has 0 unspecified atom stereocenters. The number of rotatable bonds is 10. The van der Waals surface area contributed by atoms with Gasteiger partial charge in [0.05, 0.1) is 28.1 Å². The SMILES string of the molecule is O=C(Cn1c(=O)oc2cc(Cl)ccc21)N1CCC(O)(Cc2ccc(F)cc2)CC1.O=C(O)Cn1c(=O)oc2cc(Cl)ccc21.O=C1CCN(C(=O)OCc2ccccc2)CC1.OC1(Cc2ccc(F)cc2)CCNCC1.[CH2-]c1ccc(F)cc1.[Cl-].[Mg+2]. The number of oxazole rings is 2. The number of benzene rings is 6. The molecule has 3 aliphatic rings. The molecule has 5 heterocycles. The number of likely N-dealkylation sites (tertiary alicyclic amines) is 2. The number of amides is 2. The molecule has 4 N–H and O–H groups in total. The number of piperidine rings is 3. The number of Topliss-reactive ketones (excluding diaryl/α,β-unsaturated/α-hetero) is 1. The van der Waals surface area contributed by atoms with Crippen LogP contribution in [0.5, 0.6) is 0 Å². The van der Waals surface area contributed by atoms with Gasteiger partial charge in [0.15, 0.2) is 11.2 Å². The minimum atomic E-state index is -1.10. The van der Waals surface area contributed by atoms with Gasteiger partial charge in [0, 0.05) is 74.0 Å². The Morgan fingerprint density at radius 3 is 1.49 bits per heavy atom. The number of carboxylic acid groups (broad SMARTS) is 1. The van der Waals surface area contributed by atoms with Crippen molar-refractivity contribution in [1.82, 2.24) is 24.3 Å². The van der Waals surface area contributed by atoms with Gasteiger partial charge in [0.1, 0.15) is 37.1 Å². The molecule has 0 atom stereocenters. The number of carbonyl (C=O) groups excluding carboxylic acids is 3. The van der Waals surface area contributed by atoms with E-state index in [0.29, 0.717) is 91.4 Å². The third-order valence-electron chi connectivity index (χ3n) is 14.0. The topological polar surface area (TPSA) is 227 Å². The molecule has 3 saturated heterocycles. The number of nitrogens with zero attached hydrogens (tertiary/aromatic N) is 4. The summed E-state index contributed by atoms with van der Waals surface area (Å²) in [6, 6.07) is 37.4. The number of halogens is 6. The molecule has 6 aromatic carbocycles. The van der Waals surface area contributed by atoms with E-state index in [1.54, 1.807) is 70.5 Å². The van der Waals surface area contributed by atoms with Gasteiger partial charge in [-0.3, -0.25) is 23.5 Å². The number of aromatic nitrogens is 2. The first-order chi connectivity index (χ1) is 40.1. The molecule has 0 saturated carbocycles. The van der Waals surface area contributed by atoms with E-state index in [1.165, 1.54) is 53.1 Å². The van der Waals surface area contributed by atoms with Crippen molar-refractivity contribution in [2.24, 2.45) is 0 Å². The molecule has 3 aliphatic heterocycles. The van der Waals surface area contributed by atoms with Crippen molar-refractivity contribution in [3.63, 3.8) is 0 Å². The largest absolute Gasteiger partial charge is 2.00 e. The molecule has 8 aromatic rings. The molecular formula is C62H63Cl3F3MgN5O12. The van der Waals surface area contributed by atoms with Gasteiger partial charge in [-0.25, -0.2) is 27.6 Å². The van der Waals surface area contributed by atoms with Crippen LogP contribution in [0.3, 0.4) is 0 Å². The van der Waals surface area contributed by atoms with Crippen LogP contribution in [0, 0.1) is 24.4 Å². The minimum Gasteiger partial charge on any atom is -1.00 e. The van der Waals surface area contributed by atoms with E-state index >= 15 is 0 Å². The maximum atomic E-state index is 13.1. The van der Waals surface area contributed by atoms with Crippen LogP contribution in [0.25, 0.3) is 22.2 Å². The second-order valence-electron chi connectivity index (χ2n) is 20.4. The minimum absolute atomic E-state index is 0. The monoisotopic (exact) mass is 1260 g/mol. The van der Waals surface area contributed by atoms with Gasteiger partial charge < -0.3 is 56.4 Å². The van der Waals surface area contributed by atoms with Crippen molar-refractivity contribution in [2.45, 2.75) is 82.3 Å². The van der Waals surface area contributed by atoms with E-state index in [-0.39, 0.29) is 89.4 Å². The summed E-state index contributed by atoms with van der Waals surface area (Å²) in [6.07, 6.45) is 3.94. The maximum Gasteiger partial charge on any atom is 2.00 e. The number of ketones is 1. The van der Waals surface area contributed by atoms with Crippen molar-refractivity contribution in [2.75, 3.05) is 39.3 Å². The summed E-state index contributed by atoms with van der Waals surface area (Å²) in [4.78, 5) is 72.5. The van der Waals surface area contributed by atoms with Gasteiger partial charge in [-0.15, -0.1) is 0 Å². The summed E-state index contributed by atoms with van der Waals surface area (Å²) in [7, 11) is 0. The Morgan fingerprint density at radius 1 is 0.593 bits per heavy atom. The molecule has 0 spiro atoms. The van der Waals surface area contributed by atoms with Crippen LogP contribution in [0.2, 0.25) is 10.0 Å². The number of hydrogen-bond acceptors (Lipinski definition) is 12. The first-order valence-electron chi connectivity index (χ1n) is 26.9. The van der Waals surface area contributed by atoms with E-state index in [9.17, 15) is 52.2 Å². The maximum absolute atomic E-state index is 13.1. The van der Waals surface area contributed by atoms with Gasteiger partial charge in [-0.2, -0.15) is 24.6 Å². The van der Waals surface area contributed by atoms with Gasteiger partial charge >= 0.3 is 46.6 Å². The van der Waals surface area contributed by atoms with Crippen molar-refractivity contribution in [3.05, 3.63) is 217 Å². The number of ether oxygens (including phenoxy) is 1. The fourth-order valence-electron chi connectivity index (χ4n) is 9.37. The molecule has 2 aromatic heterocycles. The Morgan fingerprint density at radius 2 is 1.03 bits per heavy atom. The number of aliphatic hydroxyl groups is 2. The zero-order chi connectivity index (χ0) is 60.4. The molecule has 11 rings (SSSR count). The summed E-state index contributed by atoms with van der Waals surface area (Å²) < 4.78 is 55.3. The van der Waals surface area contributed by atoms with Gasteiger partial charge in [0.2, 0.25) is 5.91 Å². The first-order valence-corrected chi connectivity index (χ1v) is 27.7. The molecule has 0 aliphatic carbocycles. The Kier molecular flexibility index (Phi) is 26.9. The van der Waals surface area contributed by atoms with Crippen LogP contribution < -0.4 is 29.2 Å². The van der Waals surface area contributed by atoms with E-state index in [0.717, 1.165) is 52.8 Å². The normalized spacial score (nSPS) is 14.8. The number of aliphatic carboxylic acids is 1. The molecule has 86 heavy (non-hydrogen) atoms. The van der Waals surface area contributed by atoms with Crippen molar-refractivity contribution in [1.29, 1.82) is 0 Å². The summed E-state index contributed by atoms with van der Waals surface area (Å²) in [5.74, 6) is -3.16. The van der Waals surface area contributed by atoms with E-state index in [1.807, 2.05) is 30.3 Å². The Hall–Kier alpha value is -7.08. The average molecular weight is 1260 g/mol. The van der Waals surface area contributed by atoms with E-state index in [2.05, 4.69) is 12.2 Å².